The molecular formula is C15H20N2O. The molecule has 0 unspecified atom stereocenters. The monoisotopic (exact) mass is 244 g/mol. The van der Waals surface area contributed by atoms with E-state index >= 15 is 0 Å². The van der Waals surface area contributed by atoms with E-state index < -0.39 is 0 Å². The first-order chi connectivity index (χ1) is 8.88. The van der Waals surface area contributed by atoms with Crippen LogP contribution in [0.15, 0.2) is 24.4 Å². The van der Waals surface area contributed by atoms with Crippen molar-refractivity contribution < 1.29 is 4.74 Å². The number of benzene rings is 1. The third-order valence-electron chi connectivity index (χ3n) is 3.94. The lowest BCUT2D eigenvalue weighted by Crippen LogP contribution is -2.28. The van der Waals surface area contributed by atoms with Crippen molar-refractivity contribution in [3.63, 3.8) is 0 Å². The summed E-state index contributed by atoms with van der Waals surface area (Å²) in [6.45, 7) is 2.31. The van der Waals surface area contributed by atoms with Gasteiger partial charge in [-0.2, -0.15) is 0 Å². The highest BCUT2D eigenvalue weighted by molar-refractivity contribution is 5.89. The minimum absolute atomic E-state index is 0.801. The Hall–Kier alpha value is -1.48. The summed E-state index contributed by atoms with van der Waals surface area (Å²) >= 11 is 0. The fourth-order valence-corrected chi connectivity index (χ4v) is 2.95. The molecule has 0 radical (unpaired) electrons. The van der Waals surface area contributed by atoms with Gasteiger partial charge in [-0.3, -0.25) is 0 Å². The lowest BCUT2D eigenvalue weighted by atomic mass is 9.91. The van der Waals surface area contributed by atoms with Gasteiger partial charge in [0.25, 0.3) is 0 Å². The predicted octanol–water partition coefficient (Wildman–Crippen LogP) is 2.72. The highest BCUT2D eigenvalue weighted by atomic mass is 16.5. The fourth-order valence-electron chi connectivity index (χ4n) is 2.95. The van der Waals surface area contributed by atoms with Gasteiger partial charge in [0.15, 0.2) is 0 Å². The van der Waals surface area contributed by atoms with Crippen molar-refractivity contribution in [2.24, 2.45) is 5.92 Å². The van der Waals surface area contributed by atoms with Crippen molar-refractivity contribution in [1.29, 1.82) is 0 Å². The number of fused-ring (bicyclic) bond motifs is 1. The van der Waals surface area contributed by atoms with Crippen LogP contribution in [-0.2, 0) is 6.42 Å². The highest BCUT2D eigenvalue weighted by Crippen LogP contribution is 2.31. The van der Waals surface area contributed by atoms with Gasteiger partial charge < -0.3 is 15.0 Å². The van der Waals surface area contributed by atoms with E-state index in [1.165, 1.54) is 29.3 Å². The van der Waals surface area contributed by atoms with Crippen molar-refractivity contribution >= 4 is 10.9 Å². The Morgan fingerprint density at radius 1 is 1.28 bits per heavy atom. The van der Waals surface area contributed by atoms with E-state index in [1.54, 1.807) is 7.11 Å². The SMILES string of the molecule is COc1cccc2[nH]cc(CC3CCNCC3)c12. The van der Waals surface area contributed by atoms with Gasteiger partial charge in [0.05, 0.1) is 7.11 Å². The number of methoxy groups -OCH3 is 1. The number of ether oxygens (including phenoxy) is 1. The molecule has 2 aromatic rings. The van der Waals surface area contributed by atoms with Gasteiger partial charge in [0.1, 0.15) is 5.75 Å². The van der Waals surface area contributed by atoms with Gasteiger partial charge in [-0.25, -0.2) is 0 Å². The van der Waals surface area contributed by atoms with Crippen LogP contribution in [0.2, 0.25) is 0 Å². The number of piperidine rings is 1. The largest absolute Gasteiger partial charge is 0.496 e. The minimum atomic E-state index is 0.801. The van der Waals surface area contributed by atoms with Crippen LogP contribution in [0.1, 0.15) is 18.4 Å². The lowest BCUT2D eigenvalue weighted by molar-refractivity contribution is 0.373. The quantitative estimate of drug-likeness (QED) is 0.871. The standard InChI is InChI=1S/C15H20N2O/c1-18-14-4-2-3-13-15(14)12(10-17-13)9-11-5-7-16-8-6-11/h2-4,10-11,16-17H,5-9H2,1H3. The van der Waals surface area contributed by atoms with Crippen LogP contribution in [0.3, 0.4) is 0 Å². The van der Waals surface area contributed by atoms with Gasteiger partial charge >= 0.3 is 0 Å². The fraction of sp³-hybridized carbons (Fsp3) is 0.467. The van der Waals surface area contributed by atoms with Crippen LogP contribution in [-0.4, -0.2) is 25.2 Å². The normalized spacial score (nSPS) is 17.2. The highest BCUT2D eigenvalue weighted by Gasteiger charge is 2.17. The van der Waals surface area contributed by atoms with E-state index in [0.717, 1.165) is 31.2 Å². The second-order valence-corrected chi connectivity index (χ2v) is 5.09. The van der Waals surface area contributed by atoms with E-state index in [2.05, 4.69) is 22.6 Å². The molecule has 1 aliphatic rings. The molecule has 3 nitrogen and oxygen atoms in total. The summed E-state index contributed by atoms with van der Waals surface area (Å²) in [5.41, 5.74) is 2.58. The number of hydrogen-bond donors (Lipinski definition) is 2. The maximum absolute atomic E-state index is 5.48. The third kappa shape index (κ3) is 2.10. The Morgan fingerprint density at radius 3 is 2.89 bits per heavy atom. The van der Waals surface area contributed by atoms with Crippen molar-refractivity contribution in [3.05, 3.63) is 30.0 Å². The average Bonchev–Trinajstić information content (AvgIpc) is 2.83. The molecule has 0 atom stereocenters. The van der Waals surface area contributed by atoms with Crippen LogP contribution in [0, 0.1) is 5.92 Å². The van der Waals surface area contributed by atoms with Crippen LogP contribution in [0.5, 0.6) is 5.75 Å². The number of rotatable bonds is 3. The van der Waals surface area contributed by atoms with Crippen molar-refractivity contribution in [2.75, 3.05) is 20.2 Å². The number of H-pyrrole nitrogens is 1. The Labute approximate surface area is 108 Å². The summed E-state index contributed by atoms with van der Waals surface area (Å²) < 4.78 is 5.48. The number of hydrogen-bond acceptors (Lipinski definition) is 2. The van der Waals surface area contributed by atoms with Crippen LogP contribution in [0.25, 0.3) is 10.9 Å². The van der Waals surface area contributed by atoms with E-state index in [9.17, 15) is 0 Å². The molecule has 1 aromatic heterocycles. The van der Waals surface area contributed by atoms with E-state index in [-0.39, 0.29) is 0 Å². The summed E-state index contributed by atoms with van der Waals surface area (Å²) in [4.78, 5) is 3.36. The smallest absolute Gasteiger partial charge is 0.128 e. The summed E-state index contributed by atoms with van der Waals surface area (Å²) in [7, 11) is 1.75. The molecule has 1 aliphatic heterocycles. The first-order valence-electron chi connectivity index (χ1n) is 6.72. The van der Waals surface area contributed by atoms with Gasteiger partial charge in [-0.05, 0) is 56.0 Å². The molecule has 2 N–H and O–H groups in total. The molecule has 2 heterocycles. The van der Waals surface area contributed by atoms with Gasteiger partial charge in [-0.15, -0.1) is 0 Å². The molecule has 0 amide bonds. The summed E-state index contributed by atoms with van der Waals surface area (Å²) in [6.07, 6.45) is 5.86. The average molecular weight is 244 g/mol. The van der Waals surface area contributed by atoms with Crippen molar-refractivity contribution in [3.8, 4) is 5.75 Å². The maximum Gasteiger partial charge on any atom is 0.128 e. The molecule has 3 rings (SSSR count). The second kappa shape index (κ2) is 5.02. The van der Waals surface area contributed by atoms with Gasteiger partial charge in [0, 0.05) is 17.1 Å². The zero-order chi connectivity index (χ0) is 12.4. The van der Waals surface area contributed by atoms with Crippen LogP contribution >= 0.6 is 0 Å². The molecule has 96 valence electrons. The summed E-state index contributed by atoms with van der Waals surface area (Å²) in [6, 6.07) is 6.19. The van der Waals surface area contributed by atoms with Crippen molar-refractivity contribution in [2.45, 2.75) is 19.3 Å². The molecule has 0 spiro atoms. The molecule has 0 saturated carbocycles. The Balaban J connectivity index is 1.91. The topological polar surface area (TPSA) is 37.0 Å². The Bertz CT molecular complexity index is 526. The molecule has 0 bridgehead atoms. The van der Waals surface area contributed by atoms with Crippen LogP contribution < -0.4 is 10.1 Å². The first kappa shape index (κ1) is 11.6. The maximum atomic E-state index is 5.48. The predicted molar refractivity (Wildman–Crippen MR) is 74.1 cm³/mol. The Morgan fingerprint density at radius 2 is 2.11 bits per heavy atom. The number of aromatic nitrogens is 1. The molecular weight excluding hydrogens is 224 g/mol. The summed E-state index contributed by atoms with van der Waals surface area (Å²) in [5.74, 6) is 1.79. The lowest BCUT2D eigenvalue weighted by Gasteiger charge is -2.22. The zero-order valence-corrected chi connectivity index (χ0v) is 10.8. The first-order valence-corrected chi connectivity index (χ1v) is 6.72. The minimum Gasteiger partial charge on any atom is -0.496 e. The van der Waals surface area contributed by atoms with Gasteiger partial charge in [0.2, 0.25) is 0 Å². The molecule has 1 saturated heterocycles. The second-order valence-electron chi connectivity index (χ2n) is 5.09. The van der Waals surface area contributed by atoms with Crippen LogP contribution in [0.4, 0.5) is 0 Å². The van der Waals surface area contributed by atoms with E-state index in [0.29, 0.717) is 0 Å². The molecule has 18 heavy (non-hydrogen) atoms. The number of aromatic amines is 1. The summed E-state index contributed by atoms with van der Waals surface area (Å²) in [5, 5.41) is 4.68. The molecule has 3 heteroatoms. The molecule has 1 fully saturated rings. The van der Waals surface area contributed by atoms with E-state index in [4.69, 9.17) is 4.74 Å². The molecule has 1 aromatic carbocycles. The Kier molecular flexibility index (Phi) is 3.24. The zero-order valence-electron chi connectivity index (χ0n) is 10.8. The number of nitrogens with one attached hydrogen (secondary N) is 2. The third-order valence-corrected chi connectivity index (χ3v) is 3.94. The molecule has 0 aliphatic carbocycles. The van der Waals surface area contributed by atoms with Crippen molar-refractivity contribution in [1.82, 2.24) is 10.3 Å². The van der Waals surface area contributed by atoms with Gasteiger partial charge in [-0.1, -0.05) is 6.07 Å². The van der Waals surface area contributed by atoms with E-state index in [1.807, 2.05) is 12.1 Å².